The van der Waals surface area contributed by atoms with Gasteiger partial charge in [-0.05, 0) is 49.7 Å². The third-order valence-corrected chi connectivity index (χ3v) is 5.07. The molecule has 2 aliphatic rings. The summed E-state index contributed by atoms with van der Waals surface area (Å²) >= 11 is 1.07. The summed E-state index contributed by atoms with van der Waals surface area (Å²) in [5.41, 5.74) is 0. The van der Waals surface area contributed by atoms with E-state index in [0.29, 0.717) is 22.8 Å². The van der Waals surface area contributed by atoms with Gasteiger partial charge in [0.25, 0.3) is 5.91 Å². The van der Waals surface area contributed by atoms with Gasteiger partial charge in [0, 0.05) is 13.1 Å². The quantitative estimate of drug-likeness (QED) is 0.901. The van der Waals surface area contributed by atoms with Crippen LogP contribution in [0.2, 0.25) is 0 Å². The van der Waals surface area contributed by atoms with Crippen LogP contribution in [0, 0.1) is 11.8 Å². The largest absolute Gasteiger partial charge is 0.477 e. The molecule has 2 saturated carbocycles. The molecule has 19 heavy (non-hydrogen) atoms. The number of carbonyl (C=O) groups excluding carboxylic acids is 1. The lowest BCUT2D eigenvalue weighted by atomic mass is 10.1. The Bertz CT molecular complexity index is 505. The summed E-state index contributed by atoms with van der Waals surface area (Å²) < 4.78 is 0. The summed E-state index contributed by atoms with van der Waals surface area (Å²) in [6, 6.07) is 3.50. The molecule has 102 valence electrons. The Morgan fingerprint density at radius 2 is 1.74 bits per heavy atom. The number of carboxylic acid groups (broad SMARTS) is 1. The molecule has 4 nitrogen and oxygen atoms in total. The van der Waals surface area contributed by atoms with E-state index in [1.54, 1.807) is 6.07 Å². The summed E-state index contributed by atoms with van der Waals surface area (Å²) in [6.45, 7) is 0. The zero-order valence-corrected chi connectivity index (χ0v) is 11.7. The van der Waals surface area contributed by atoms with Crippen molar-refractivity contribution in [3.05, 3.63) is 21.9 Å². The number of carbonyl (C=O) groups is 2. The van der Waals surface area contributed by atoms with Crippen molar-refractivity contribution in [2.75, 3.05) is 7.05 Å². The van der Waals surface area contributed by atoms with E-state index in [0.717, 1.165) is 11.3 Å². The Morgan fingerprint density at radius 1 is 1.21 bits per heavy atom. The second-order valence-electron chi connectivity index (χ2n) is 5.55. The van der Waals surface area contributed by atoms with E-state index in [2.05, 4.69) is 0 Å². The van der Waals surface area contributed by atoms with E-state index in [1.165, 1.54) is 31.7 Å². The Morgan fingerprint density at radius 3 is 2.16 bits per heavy atom. The molecule has 1 aromatic rings. The Balaban J connectivity index is 1.75. The fraction of sp³-hybridized carbons (Fsp3) is 0.571. The summed E-state index contributed by atoms with van der Waals surface area (Å²) in [5.74, 6) is 0.342. The van der Waals surface area contributed by atoms with Crippen LogP contribution in [-0.4, -0.2) is 35.0 Å². The van der Waals surface area contributed by atoms with Crippen molar-refractivity contribution in [3.8, 4) is 0 Å². The molecule has 1 aromatic heterocycles. The van der Waals surface area contributed by atoms with Crippen molar-refractivity contribution in [1.29, 1.82) is 0 Å². The van der Waals surface area contributed by atoms with Crippen molar-refractivity contribution in [2.45, 2.75) is 31.7 Å². The molecule has 2 fully saturated rings. The molecule has 0 aromatic carbocycles. The van der Waals surface area contributed by atoms with Gasteiger partial charge in [-0.2, -0.15) is 0 Å². The zero-order chi connectivity index (χ0) is 13.6. The second kappa shape index (κ2) is 4.63. The molecule has 3 rings (SSSR count). The van der Waals surface area contributed by atoms with Crippen LogP contribution in [-0.2, 0) is 0 Å². The van der Waals surface area contributed by atoms with Crippen LogP contribution in [0.1, 0.15) is 45.0 Å². The highest BCUT2D eigenvalue weighted by molar-refractivity contribution is 7.15. The van der Waals surface area contributed by atoms with Crippen LogP contribution >= 0.6 is 11.3 Å². The number of thiophene rings is 1. The lowest BCUT2D eigenvalue weighted by Gasteiger charge is -2.28. The van der Waals surface area contributed by atoms with Crippen molar-refractivity contribution in [2.24, 2.45) is 11.8 Å². The predicted molar refractivity (Wildman–Crippen MR) is 72.6 cm³/mol. The van der Waals surface area contributed by atoms with E-state index >= 15 is 0 Å². The molecule has 5 heteroatoms. The fourth-order valence-corrected chi connectivity index (χ4v) is 3.60. The standard InChI is InChI=1S/C14H17NO3S/c1-15(12(8-2-3-8)9-4-5-9)13(16)10-6-7-11(19-10)14(17)18/h6-9,12H,2-5H2,1H3,(H,17,18). The SMILES string of the molecule is CN(C(=O)c1ccc(C(=O)O)s1)C(C1CC1)C1CC1. The van der Waals surface area contributed by atoms with Crippen LogP contribution in [0.3, 0.4) is 0 Å². The highest BCUT2D eigenvalue weighted by Crippen LogP contribution is 2.47. The number of rotatable bonds is 5. The highest BCUT2D eigenvalue weighted by atomic mass is 32.1. The van der Waals surface area contributed by atoms with E-state index in [-0.39, 0.29) is 10.8 Å². The molecular weight excluding hydrogens is 262 g/mol. The molecule has 0 unspecified atom stereocenters. The minimum atomic E-state index is -0.965. The molecule has 1 heterocycles. The number of nitrogens with zero attached hydrogens (tertiary/aromatic N) is 1. The molecule has 1 amide bonds. The maximum absolute atomic E-state index is 12.4. The minimum absolute atomic E-state index is 0.0266. The monoisotopic (exact) mass is 279 g/mol. The molecule has 0 atom stereocenters. The molecule has 2 aliphatic carbocycles. The van der Waals surface area contributed by atoms with Gasteiger partial charge in [-0.25, -0.2) is 4.79 Å². The van der Waals surface area contributed by atoms with E-state index in [4.69, 9.17) is 5.11 Å². The molecule has 0 radical (unpaired) electrons. The number of hydrogen-bond acceptors (Lipinski definition) is 3. The zero-order valence-electron chi connectivity index (χ0n) is 10.8. The topological polar surface area (TPSA) is 57.6 Å². The van der Waals surface area contributed by atoms with E-state index < -0.39 is 5.97 Å². The van der Waals surface area contributed by atoms with Gasteiger partial charge in [-0.3, -0.25) is 4.79 Å². The molecule has 1 N–H and O–H groups in total. The smallest absolute Gasteiger partial charge is 0.345 e. The normalized spacial score (nSPS) is 18.6. The second-order valence-corrected chi connectivity index (χ2v) is 6.63. The van der Waals surface area contributed by atoms with E-state index in [9.17, 15) is 9.59 Å². The third kappa shape index (κ3) is 2.52. The minimum Gasteiger partial charge on any atom is -0.477 e. The van der Waals surface area contributed by atoms with Crippen LogP contribution < -0.4 is 0 Å². The van der Waals surface area contributed by atoms with Crippen LogP contribution in [0.4, 0.5) is 0 Å². The van der Waals surface area contributed by atoms with Gasteiger partial charge in [0.15, 0.2) is 0 Å². The van der Waals surface area contributed by atoms with Crippen LogP contribution in [0.15, 0.2) is 12.1 Å². The van der Waals surface area contributed by atoms with Crippen molar-refractivity contribution >= 4 is 23.2 Å². The van der Waals surface area contributed by atoms with Crippen LogP contribution in [0.25, 0.3) is 0 Å². The van der Waals surface area contributed by atoms with Gasteiger partial charge in [0.1, 0.15) is 4.88 Å². The Kier molecular flexibility index (Phi) is 3.09. The Labute approximate surface area is 116 Å². The first-order valence-corrected chi connectivity index (χ1v) is 7.50. The van der Waals surface area contributed by atoms with Gasteiger partial charge in [-0.15, -0.1) is 11.3 Å². The first-order chi connectivity index (χ1) is 9.08. The van der Waals surface area contributed by atoms with Gasteiger partial charge in [0.05, 0.1) is 4.88 Å². The average molecular weight is 279 g/mol. The molecule has 0 aliphatic heterocycles. The summed E-state index contributed by atoms with van der Waals surface area (Å²) in [7, 11) is 1.86. The number of aromatic carboxylic acids is 1. The first-order valence-electron chi connectivity index (χ1n) is 6.68. The highest BCUT2D eigenvalue weighted by Gasteiger charge is 2.45. The van der Waals surface area contributed by atoms with Crippen molar-refractivity contribution in [1.82, 2.24) is 4.90 Å². The lowest BCUT2D eigenvalue weighted by molar-refractivity contribution is 0.0691. The molecule has 0 bridgehead atoms. The lowest BCUT2D eigenvalue weighted by Crippen LogP contribution is -2.39. The predicted octanol–water partition coefficient (Wildman–Crippen LogP) is 2.71. The van der Waals surface area contributed by atoms with E-state index in [1.807, 2.05) is 11.9 Å². The fourth-order valence-electron chi connectivity index (χ4n) is 2.77. The molecular formula is C14H17NO3S. The van der Waals surface area contributed by atoms with Gasteiger partial charge < -0.3 is 10.0 Å². The molecule has 0 saturated heterocycles. The number of amides is 1. The summed E-state index contributed by atoms with van der Waals surface area (Å²) in [6.07, 6.45) is 4.90. The Hall–Kier alpha value is -1.36. The maximum Gasteiger partial charge on any atom is 0.345 e. The third-order valence-electron chi connectivity index (χ3n) is 4.01. The average Bonchev–Trinajstić information content (AvgIpc) is 3.30. The van der Waals surface area contributed by atoms with Crippen molar-refractivity contribution in [3.63, 3.8) is 0 Å². The van der Waals surface area contributed by atoms with Crippen LogP contribution in [0.5, 0.6) is 0 Å². The van der Waals surface area contributed by atoms with Gasteiger partial charge in [0.2, 0.25) is 0 Å². The summed E-state index contributed by atoms with van der Waals surface area (Å²) in [5, 5.41) is 8.91. The molecule has 0 spiro atoms. The van der Waals surface area contributed by atoms with Crippen molar-refractivity contribution < 1.29 is 14.7 Å². The first kappa shape index (κ1) is 12.7. The maximum atomic E-state index is 12.4. The number of carboxylic acids is 1. The van der Waals surface area contributed by atoms with Gasteiger partial charge in [-0.1, -0.05) is 0 Å². The number of hydrogen-bond donors (Lipinski definition) is 1. The summed E-state index contributed by atoms with van der Waals surface area (Å²) in [4.78, 5) is 25.9. The van der Waals surface area contributed by atoms with Gasteiger partial charge >= 0.3 is 5.97 Å².